The normalized spacial score (nSPS) is 13.0. The molecule has 0 saturated heterocycles. The van der Waals surface area contributed by atoms with Crippen LogP contribution >= 0.6 is 0 Å². The van der Waals surface area contributed by atoms with Crippen LogP contribution in [0, 0.1) is 0 Å². The number of alkyl halides is 3. The van der Waals surface area contributed by atoms with Gasteiger partial charge in [0, 0.05) is 18.2 Å². The Labute approximate surface area is 127 Å². The molecule has 2 aromatic carbocycles. The maximum atomic E-state index is 12.5. The minimum absolute atomic E-state index is 0.0628. The van der Waals surface area contributed by atoms with Gasteiger partial charge >= 0.3 is 6.18 Å². The minimum atomic E-state index is -4.30. The van der Waals surface area contributed by atoms with Gasteiger partial charge < -0.3 is 10.1 Å². The lowest BCUT2D eigenvalue weighted by Gasteiger charge is -2.16. The molecule has 0 aliphatic rings. The van der Waals surface area contributed by atoms with Gasteiger partial charge in [-0.2, -0.15) is 13.2 Å². The lowest BCUT2D eigenvalue weighted by Crippen LogP contribution is -2.18. The van der Waals surface area contributed by atoms with Crippen molar-refractivity contribution in [3.05, 3.63) is 65.2 Å². The SMILES string of the molecule is COc1ccccc1CNC(C)c1ccc(C(F)(F)F)cc1. The predicted octanol–water partition coefficient (Wildman–Crippen LogP) is 4.56. The van der Waals surface area contributed by atoms with Crippen LogP contribution in [-0.2, 0) is 12.7 Å². The van der Waals surface area contributed by atoms with Crippen LogP contribution in [0.3, 0.4) is 0 Å². The molecule has 0 bridgehead atoms. The van der Waals surface area contributed by atoms with Gasteiger partial charge in [0.1, 0.15) is 5.75 Å². The summed E-state index contributed by atoms with van der Waals surface area (Å²) >= 11 is 0. The quantitative estimate of drug-likeness (QED) is 0.874. The molecule has 5 heteroatoms. The van der Waals surface area contributed by atoms with Gasteiger partial charge in [0.05, 0.1) is 12.7 Å². The summed E-state index contributed by atoms with van der Waals surface area (Å²) in [5.74, 6) is 0.787. The standard InChI is InChI=1S/C17H18F3NO/c1-12(13-7-9-15(10-8-13)17(18,19)20)21-11-14-5-3-4-6-16(14)22-2/h3-10,12,21H,11H2,1-2H3. The molecule has 2 nitrogen and oxygen atoms in total. The maximum absolute atomic E-state index is 12.5. The first kappa shape index (κ1) is 16.4. The number of para-hydroxylation sites is 1. The van der Waals surface area contributed by atoms with Crippen LogP contribution in [-0.4, -0.2) is 7.11 Å². The molecule has 0 heterocycles. The second kappa shape index (κ2) is 6.83. The molecule has 0 aliphatic heterocycles. The van der Waals surface area contributed by atoms with Crippen LogP contribution in [0.2, 0.25) is 0 Å². The first-order valence-electron chi connectivity index (χ1n) is 6.94. The summed E-state index contributed by atoms with van der Waals surface area (Å²) in [4.78, 5) is 0. The first-order chi connectivity index (χ1) is 10.4. The van der Waals surface area contributed by atoms with E-state index in [4.69, 9.17) is 4.74 Å². The summed E-state index contributed by atoms with van der Waals surface area (Å²) in [6, 6.07) is 12.8. The van der Waals surface area contributed by atoms with E-state index >= 15 is 0 Å². The van der Waals surface area contributed by atoms with E-state index in [1.54, 1.807) is 7.11 Å². The Morgan fingerprint density at radius 2 is 1.68 bits per heavy atom. The van der Waals surface area contributed by atoms with E-state index in [0.717, 1.165) is 29.0 Å². The molecule has 1 atom stereocenters. The third kappa shape index (κ3) is 4.01. The Morgan fingerprint density at radius 3 is 2.27 bits per heavy atom. The van der Waals surface area contributed by atoms with E-state index in [0.29, 0.717) is 6.54 Å². The summed E-state index contributed by atoms with van der Waals surface area (Å²) in [5.41, 5.74) is 1.18. The number of nitrogens with one attached hydrogen (secondary N) is 1. The fourth-order valence-corrected chi connectivity index (χ4v) is 2.19. The number of hydrogen-bond acceptors (Lipinski definition) is 2. The molecule has 0 amide bonds. The lowest BCUT2D eigenvalue weighted by molar-refractivity contribution is -0.137. The number of halogens is 3. The van der Waals surface area contributed by atoms with Gasteiger partial charge in [0.2, 0.25) is 0 Å². The van der Waals surface area contributed by atoms with Gasteiger partial charge in [-0.3, -0.25) is 0 Å². The molecule has 0 fully saturated rings. The zero-order valence-corrected chi connectivity index (χ0v) is 12.4. The van der Waals surface area contributed by atoms with E-state index in [2.05, 4.69) is 5.32 Å². The van der Waals surface area contributed by atoms with Crippen molar-refractivity contribution in [2.75, 3.05) is 7.11 Å². The Bertz CT molecular complexity index is 608. The second-order valence-electron chi connectivity index (χ2n) is 5.03. The zero-order chi connectivity index (χ0) is 16.2. The highest BCUT2D eigenvalue weighted by Gasteiger charge is 2.30. The van der Waals surface area contributed by atoms with E-state index in [9.17, 15) is 13.2 Å². The number of hydrogen-bond donors (Lipinski definition) is 1. The third-order valence-electron chi connectivity index (χ3n) is 3.53. The first-order valence-corrected chi connectivity index (χ1v) is 6.94. The summed E-state index contributed by atoms with van der Waals surface area (Å²) < 4.78 is 42.9. The highest BCUT2D eigenvalue weighted by atomic mass is 19.4. The molecular weight excluding hydrogens is 291 g/mol. The Hall–Kier alpha value is -2.01. The molecule has 0 spiro atoms. The topological polar surface area (TPSA) is 21.3 Å². The largest absolute Gasteiger partial charge is 0.496 e. The van der Waals surface area contributed by atoms with Gasteiger partial charge in [-0.25, -0.2) is 0 Å². The fraction of sp³-hybridized carbons (Fsp3) is 0.294. The lowest BCUT2D eigenvalue weighted by atomic mass is 10.1. The van der Waals surface area contributed by atoms with Crippen LogP contribution in [0.25, 0.3) is 0 Å². The monoisotopic (exact) mass is 309 g/mol. The molecule has 2 rings (SSSR count). The smallest absolute Gasteiger partial charge is 0.416 e. The summed E-state index contributed by atoms with van der Waals surface area (Å²) in [6.07, 6.45) is -4.30. The predicted molar refractivity (Wildman–Crippen MR) is 79.7 cm³/mol. The molecule has 2 aromatic rings. The van der Waals surface area contributed by atoms with Crippen LogP contribution in [0.5, 0.6) is 5.75 Å². The zero-order valence-electron chi connectivity index (χ0n) is 12.4. The summed E-state index contributed by atoms with van der Waals surface area (Å²) in [6.45, 7) is 2.49. The second-order valence-corrected chi connectivity index (χ2v) is 5.03. The van der Waals surface area contributed by atoms with Crippen molar-refractivity contribution in [1.29, 1.82) is 0 Å². The molecule has 22 heavy (non-hydrogen) atoms. The summed E-state index contributed by atoms with van der Waals surface area (Å²) in [5, 5.41) is 3.29. The van der Waals surface area contributed by atoms with Crippen molar-refractivity contribution in [2.45, 2.75) is 25.7 Å². The van der Waals surface area contributed by atoms with Crippen molar-refractivity contribution >= 4 is 0 Å². The van der Waals surface area contributed by atoms with Crippen molar-refractivity contribution in [2.24, 2.45) is 0 Å². The Balaban J connectivity index is 2.02. The molecule has 0 aliphatic carbocycles. The average Bonchev–Trinajstić information content (AvgIpc) is 2.52. The Morgan fingerprint density at radius 1 is 1.05 bits per heavy atom. The van der Waals surface area contributed by atoms with Gasteiger partial charge in [0.15, 0.2) is 0 Å². The van der Waals surface area contributed by atoms with Crippen molar-refractivity contribution in [3.8, 4) is 5.75 Å². The van der Waals surface area contributed by atoms with Crippen LogP contribution in [0.1, 0.15) is 29.7 Å². The molecule has 0 saturated carbocycles. The van der Waals surface area contributed by atoms with Crippen molar-refractivity contribution in [1.82, 2.24) is 5.32 Å². The number of methoxy groups -OCH3 is 1. The maximum Gasteiger partial charge on any atom is 0.416 e. The van der Waals surface area contributed by atoms with Gasteiger partial charge in [-0.15, -0.1) is 0 Å². The number of benzene rings is 2. The Kier molecular flexibility index (Phi) is 5.08. The number of rotatable bonds is 5. The molecular formula is C17H18F3NO. The summed E-state index contributed by atoms with van der Waals surface area (Å²) in [7, 11) is 1.61. The molecule has 1 N–H and O–H groups in total. The van der Waals surface area contributed by atoms with E-state index in [1.165, 1.54) is 12.1 Å². The van der Waals surface area contributed by atoms with Gasteiger partial charge in [-0.05, 0) is 30.7 Å². The van der Waals surface area contributed by atoms with Gasteiger partial charge in [-0.1, -0.05) is 30.3 Å². The molecule has 1 unspecified atom stereocenters. The molecule has 118 valence electrons. The molecule has 0 aromatic heterocycles. The van der Waals surface area contributed by atoms with Crippen LogP contribution in [0.15, 0.2) is 48.5 Å². The van der Waals surface area contributed by atoms with E-state index in [1.807, 2.05) is 31.2 Å². The van der Waals surface area contributed by atoms with Crippen molar-refractivity contribution in [3.63, 3.8) is 0 Å². The molecule has 0 radical (unpaired) electrons. The average molecular weight is 309 g/mol. The highest BCUT2D eigenvalue weighted by molar-refractivity contribution is 5.33. The highest BCUT2D eigenvalue weighted by Crippen LogP contribution is 2.30. The van der Waals surface area contributed by atoms with E-state index in [-0.39, 0.29) is 6.04 Å². The van der Waals surface area contributed by atoms with E-state index < -0.39 is 11.7 Å². The fourth-order valence-electron chi connectivity index (χ4n) is 2.19. The van der Waals surface area contributed by atoms with Gasteiger partial charge in [0.25, 0.3) is 0 Å². The van der Waals surface area contributed by atoms with Crippen LogP contribution in [0.4, 0.5) is 13.2 Å². The third-order valence-corrected chi connectivity index (χ3v) is 3.53. The van der Waals surface area contributed by atoms with Crippen molar-refractivity contribution < 1.29 is 17.9 Å². The number of ether oxygens (including phenoxy) is 1. The van der Waals surface area contributed by atoms with Crippen LogP contribution < -0.4 is 10.1 Å². The minimum Gasteiger partial charge on any atom is -0.496 e.